The maximum atomic E-state index is 13.9. The van der Waals surface area contributed by atoms with Crippen LogP contribution in [0.1, 0.15) is 11.1 Å². The van der Waals surface area contributed by atoms with Gasteiger partial charge < -0.3 is 4.74 Å². The van der Waals surface area contributed by atoms with E-state index in [1.165, 1.54) is 7.11 Å². The minimum Gasteiger partial charge on any atom is -0.496 e. The van der Waals surface area contributed by atoms with Crippen molar-refractivity contribution in [2.45, 2.75) is 0 Å². The molecule has 28 heavy (non-hydrogen) atoms. The second-order valence-electron chi connectivity index (χ2n) is 5.49. The lowest BCUT2D eigenvalue weighted by atomic mass is 10.1. The van der Waals surface area contributed by atoms with E-state index < -0.39 is 17.2 Å². The number of methoxy groups -OCH3 is 1. The molecule has 0 bridgehead atoms. The van der Waals surface area contributed by atoms with Crippen molar-refractivity contribution >= 4 is 12.2 Å². The van der Waals surface area contributed by atoms with Gasteiger partial charge in [0.05, 0.1) is 24.6 Å². The molecule has 7 nitrogen and oxygen atoms in total. The molecule has 0 fully saturated rings. The van der Waals surface area contributed by atoms with Gasteiger partial charge in [-0.05, 0) is 0 Å². The molecule has 0 aliphatic heterocycles. The Morgan fingerprint density at radius 1 is 1.29 bits per heavy atom. The molecule has 3 rings (SSSR count). The molecule has 0 radical (unpaired) electrons. The summed E-state index contributed by atoms with van der Waals surface area (Å²) in [5.41, 5.74) is 2.33. The number of halogens is 2. The van der Waals surface area contributed by atoms with E-state index in [-0.39, 0.29) is 28.5 Å². The highest BCUT2D eigenvalue weighted by atomic mass is 19.1. The summed E-state index contributed by atoms with van der Waals surface area (Å²) in [6, 6.07) is 12.2. The van der Waals surface area contributed by atoms with Crippen LogP contribution in [0, 0.1) is 23.0 Å². The molecule has 0 atom stereocenters. The first-order valence-electron chi connectivity index (χ1n) is 7.95. The molecule has 0 unspecified atom stereocenters. The minimum absolute atomic E-state index is 0.0469. The summed E-state index contributed by atoms with van der Waals surface area (Å²) in [6.45, 7) is 0. The van der Waals surface area contributed by atoms with E-state index in [0.717, 1.165) is 12.3 Å². The molecule has 0 saturated heterocycles. The summed E-state index contributed by atoms with van der Waals surface area (Å²) < 4.78 is 32.1. The van der Waals surface area contributed by atoms with Crippen molar-refractivity contribution in [2.24, 2.45) is 5.10 Å². The van der Waals surface area contributed by atoms with Gasteiger partial charge in [-0.3, -0.25) is 9.78 Å². The Kier molecular flexibility index (Phi) is 5.41. The van der Waals surface area contributed by atoms with E-state index in [1.54, 1.807) is 30.3 Å². The van der Waals surface area contributed by atoms with E-state index in [1.807, 2.05) is 6.07 Å². The smallest absolute Gasteiger partial charge is 0.270 e. The Labute approximate surface area is 157 Å². The Hall–Kier alpha value is -4.06. The fourth-order valence-electron chi connectivity index (χ4n) is 2.45. The summed E-state index contributed by atoms with van der Waals surface area (Å²) in [4.78, 5) is 18.7. The third-order valence-electron chi connectivity index (χ3n) is 3.72. The lowest BCUT2D eigenvalue weighted by Gasteiger charge is -2.07. The van der Waals surface area contributed by atoms with Crippen molar-refractivity contribution in [1.29, 1.82) is 5.26 Å². The number of nitriles is 1. The average Bonchev–Trinajstić information content (AvgIpc) is 2.69. The predicted molar refractivity (Wildman–Crippen MR) is 99.1 cm³/mol. The summed E-state index contributed by atoms with van der Waals surface area (Å²) in [7, 11) is 1.27. The third-order valence-corrected chi connectivity index (χ3v) is 3.72. The number of hydrogen-bond acceptors (Lipinski definition) is 6. The number of hydrogen-bond donors (Lipinski definition) is 2. The van der Waals surface area contributed by atoms with E-state index >= 15 is 0 Å². The van der Waals surface area contributed by atoms with Crippen molar-refractivity contribution in [3.05, 3.63) is 75.6 Å². The highest BCUT2D eigenvalue weighted by molar-refractivity contribution is 5.84. The van der Waals surface area contributed by atoms with Crippen LogP contribution in [0.25, 0.3) is 11.3 Å². The normalized spacial score (nSPS) is 10.6. The zero-order valence-electron chi connectivity index (χ0n) is 14.5. The van der Waals surface area contributed by atoms with Crippen LogP contribution >= 0.6 is 0 Å². The van der Waals surface area contributed by atoms with Crippen molar-refractivity contribution in [2.75, 3.05) is 12.5 Å². The number of anilines is 1. The van der Waals surface area contributed by atoms with Crippen molar-refractivity contribution in [3.8, 4) is 23.1 Å². The van der Waals surface area contributed by atoms with Crippen LogP contribution in [0.15, 0.2) is 52.4 Å². The summed E-state index contributed by atoms with van der Waals surface area (Å²) in [5.74, 6) is -1.76. The maximum Gasteiger partial charge on any atom is 0.270 e. The largest absolute Gasteiger partial charge is 0.496 e. The Morgan fingerprint density at radius 3 is 2.71 bits per heavy atom. The molecule has 0 aliphatic carbocycles. The molecule has 1 aromatic heterocycles. The highest BCUT2D eigenvalue weighted by Crippen LogP contribution is 2.22. The van der Waals surface area contributed by atoms with Crippen LogP contribution < -0.4 is 15.7 Å². The van der Waals surface area contributed by atoms with Crippen LogP contribution in [0.2, 0.25) is 0 Å². The van der Waals surface area contributed by atoms with Gasteiger partial charge in [0.1, 0.15) is 29.0 Å². The van der Waals surface area contributed by atoms with Crippen LogP contribution in [0.3, 0.4) is 0 Å². The molecule has 0 amide bonds. The fraction of sp³-hybridized carbons (Fsp3) is 0.0526. The second-order valence-corrected chi connectivity index (χ2v) is 5.49. The molecule has 140 valence electrons. The number of aromatic amines is 1. The SMILES string of the molecule is COc1cc(F)cc(F)c1C=NNc1nc(-c2ccccc2)c(C#N)c(=O)[nH]1. The molecule has 1 heterocycles. The maximum absolute atomic E-state index is 13.9. The second kappa shape index (κ2) is 8.09. The number of aromatic nitrogens is 2. The molecule has 2 aromatic carbocycles. The summed E-state index contributed by atoms with van der Waals surface area (Å²) >= 11 is 0. The number of nitrogens with zero attached hydrogens (tertiary/aromatic N) is 3. The van der Waals surface area contributed by atoms with Crippen molar-refractivity contribution in [3.63, 3.8) is 0 Å². The first-order chi connectivity index (χ1) is 13.5. The monoisotopic (exact) mass is 381 g/mol. The molecule has 0 spiro atoms. The van der Waals surface area contributed by atoms with Crippen LogP contribution in [0.5, 0.6) is 5.75 Å². The zero-order valence-corrected chi connectivity index (χ0v) is 14.5. The van der Waals surface area contributed by atoms with E-state index in [4.69, 9.17) is 4.74 Å². The van der Waals surface area contributed by atoms with E-state index in [0.29, 0.717) is 11.6 Å². The molecular weight excluding hydrogens is 368 g/mol. The van der Waals surface area contributed by atoms with Crippen molar-refractivity contribution in [1.82, 2.24) is 9.97 Å². The van der Waals surface area contributed by atoms with Gasteiger partial charge in [0.2, 0.25) is 5.95 Å². The summed E-state index contributed by atoms with van der Waals surface area (Å²) in [6.07, 6.45) is 1.06. The number of nitrogens with one attached hydrogen (secondary N) is 2. The van der Waals surface area contributed by atoms with Crippen LogP contribution in [0.4, 0.5) is 14.7 Å². The molecule has 0 aliphatic rings. The predicted octanol–water partition coefficient (Wildman–Crippen LogP) is 3.04. The topological polar surface area (TPSA) is 103 Å². The Bertz CT molecular complexity index is 1140. The van der Waals surface area contributed by atoms with Crippen LogP contribution in [-0.4, -0.2) is 23.3 Å². The zero-order chi connectivity index (χ0) is 20.1. The summed E-state index contributed by atoms with van der Waals surface area (Å²) in [5, 5.41) is 13.0. The fourth-order valence-corrected chi connectivity index (χ4v) is 2.45. The van der Waals surface area contributed by atoms with Gasteiger partial charge in [0, 0.05) is 17.7 Å². The molecule has 0 saturated carbocycles. The highest BCUT2D eigenvalue weighted by Gasteiger charge is 2.13. The van der Waals surface area contributed by atoms with Gasteiger partial charge in [-0.1, -0.05) is 30.3 Å². The Balaban J connectivity index is 1.95. The van der Waals surface area contributed by atoms with E-state index in [9.17, 15) is 18.8 Å². The standard InChI is InChI=1S/C19H13F2N5O2/c1-28-16-8-12(20)7-15(21)14(16)10-23-26-19-24-17(11-5-3-2-4-6-11)13(9-22)18(27)25-19/h2-8,10H,1H3,(H2,24,25,26,27). The average molecular weight is 381 g/mol. The van der Waals surface area contributed by atoms with Gasteiger partial charge in [-0.25, -0.2) is 19.2 Å². The molecule has 9 heteroatoms. The quantitative estimate of drug-likeness (QED) is 0.522. The number of hydrazone groups is 1. The Morgan fingerprint density at radius 2 is 2.04 bits per heavy atom. The van der Waals surface area contributed by atoms with E-state index in [2.05, 4.69) is 20.5 Å². The molecule has 2 N–H and O–H groups in total. The van der Waals surface area contributed by atoms with Gasteiger partial charge in [0.25, 0.3) is 5.56 Å². The number of benzene rings is 2. The first kappa shape index (κ1) is 18.7. The lowest BCUT2D eigenvalue weighted by molar-refractivity contribution is 0.406. The molecular formula is C19H13F2N5O2. The van der Waals surface area contributed by atoms with Gasteiger partial charge in [0.15, 0.2) is 0 Å². The number of rotatable bonds is 5. The first-order valence-corrected chi connectivity index (χ1v) is 7.95. The van der Waals surface area contributed by atoms with Crippen LogP contribution in [-0.2, 0) is 0 Å². The lowest BCUT2D eigenvalue weighted by Crippen LogP contribution is -2.16. The minimum atomic E-state index is -0.867. The number of H-pyrrole nitrogens is 1. The van der Waals surface area contributed by atoms with Crippen molar-refractivity contribution < 1.29 is 13.5 Å². The van der Waals surface area contributed by atoms with Gasteiger partial charge in [-0.15, -0.1) is 0 Å². The van der Waals surface area contributed by atoms with Gasteiger partial charge >= 0.3 is 0 Å². The van der Waals surface area contributed by atoms with Gasteiger partial charge in [-0.2, -0.15) is 10.4 Å². The third kappa shape index (κ3) is 3.86. The molecule has 3 aromatic rings. The number of ether oxygens (including phenoxy) is 1.